The first-order valence-corrected chi connectivity index (χ1v) is 15.5. The van der Waals surface area contributed by atoms with Gasteiger partial charge in [-0.1, -0.05) is 36.0 Å². The molecule has 0 saturated carbocycles. The van der Waals surface area contributed by atoms with Crippen molar-refractivity contribution in [3.63, 3.8) is 0 Å². The highest BCUT2D eigenvalue weighted by Gasteiger charge is 2.40. The zero-order valence-corrected chi connectivity index (χ0v) is 24.4. The standard InChI is InChI=1S/C28H32N4O6S2/c1-17-27(39-28(29-17)30-18(2)33)40(36,37)32-14-5-4-10-22(32)24(34)16-19-11-12-23-25-20(19)8-6-9-21(25)26(35)31(23)13-7-15-38-3/h6,8-9,11-12,22H,4-5,7,10,13-16H2,1-3H3,(H,29,30,33). The van der Waals surface area contributed by atoms with E-state index < -0.39 is 16.1 Å². The fourth-order valence-electron chi connectivity index (χ4n) is 5.60. The van der Waals surface area contributed by atoms with Gasteiger partial charge < -0.3 is 15.0 Å². The Morgan fingerprint density at radius 1 is 1.20 bits per heavy atom. The second-order valence-electron chi connectivity index (χ2n) is 10.1. The topological polar surface area (TPSA) is 126 Å². The summed E-state index contributed by atoms with van der Waals surface area (Å²) in [6.07, 6.45) is 2.59. The summed E-state index contributed by atoms with van der Waals surface area (Å²) in [5, 5.41) is 4.41. The number of amides is 2. The molecule has 1 aromatic heterocycles. The highest BCUT2D eigenvalue weighted by molar-refractivity contribution is 7.91. The van der Waals surface area contributed by atoms with Crippen molar-refractivity contribution in [2.75, 3.05) is 37.0 Å². The van der Waals surface area contributed by atoms with Gasteiger partial charge in [0.2, 0.25) is 5.91 Å². The average molecular weight is 585 g/mol. The maximum Gasteiger partial charge on any atom is 0.258 e. The number of nitrogens with one attached hydrogen (secondary N) is 1. The highest BCUT2D eigenvalue weighted by atomic mass is 32.2. The minimum atomic E-state index is -4.01. The number of aromatic nitrogens is 1. The van der Waals surface area contributed by atoms with Crippen LogP contribution in [-0.4, -0.2) is 68.2 Å². The van der Waals surface area contributed by atoms with Crippen LogP contribution in [0.15, 0.2) is 34.5 Å². The molecule has 2 aromatic carbocycles. The fraction of sp³-hybridized carbons (Fsp3) is 0.429. The van der Waals surface area contributed by atoms with Crippen molar-refractivity contribution in [3.05, 3.63) is 47.2 Å². The van der Waals surface area contributed by atoms with Crippen LogP contribution in [0.3, 0.4) is 0 Å². The van der Waals surface area contributed by atoms with E-state index in [1.807, 2.05) is 24.3 Å². The van der Waals surface area contributed by atoms with Gasteiger partial charge in [0, 0.05) is 51.1 Å². The minimum absolute atomic E-state index is 0.0355. The van der Waals surface area contributed by atoms with Gasteiger partial charge in [-0.2, -0.15) is 4.31 Å². The van der Waals surface area contributed by atoms with E-state index in [0.717, 1.165) is 39.8 Å². The lowest BCUT2D eigenvalue weighted by molar-refractivity contribution is -0.122. The third kappa shape index (κ3) is 5.16. The zero-order valence-electron chi connectivity index (χ0n) is 22.7. The molecule has 0 radical (unpaired) electrons. The maximum atomic E-state index is 13.8. The van der Waals surface area contributed by atoms with Crippen LogP contribution in [0.25, 0.3) is 10.8 Å². The van der Waals surface area contributed by atoms with E-state index in [1.54, 1.807) is 25.0 Å². The van der Waals surface area contributed by atoms with Crippen molar-refractivity contribution in [3.8, 4) is 0 Å². The van der Waals surface area contributed by atoms with Gasteiger partial charge in [0.1, 0.15) is 0 Å². The van der Waals surface area contributed by atoms with Gasteiger partial charge in [-0.3, -0.25) is 14.4 Å². The van der Waals surface area contributed by atoms with Gasteiger partial charge in [-0.15, -0.1) is 0 Å². The first kappa shape index (κ1) is 28.3. The van der Waals surface area contributed by atoms with E-state index in [0.29, 0.717) is 38.0 Å². The van der Waals surface area contributed by atoms with Crippen LogP contribution in [0.2, 0.25) is 0 Å². The molecule has 1 N–H and O–H groups in total. The Labute approximate surface area is 237 Å². The van der Waals surface area contributed by atoms with Crippen LogP contribution >= 0.6 is 11.3 Å². The number of piperidine rings is 1. The molecule has 5 rings (SSSR count). The van der Waals surface area contributed by atoms with Crippen molar-refractivity contribution in [1.82, 2.24) is 9.29 Å². The molecule has 40 heavy (non-hydrogen) atoms. The number of hydrogen-bond acceptors (Lipinski definition) is 8. The second kappa shape index (κ2) is 11.4. The summed E-state index contributed by atoms with van der Waals surface area (Å²) in [6.45, 7) is 4.23. The predicted octanol–water partition coefficient (Wildman–Crippen LogP) is 3.91. The number of thiazole rings is 1. The molecule has 1 saturated heterocycles. The number of nitrogens with zero attached hydrogens (tertiary/aromatic N) is 3. The molecule has 1 unspecified atom stereocenters. The monoisotopic (exact) mass is 584 g/mol. The van der Waals surface area contributed by atoms with Crippen LogP contribution in [-0.2, 0) is 30.8 Å². The normalized spacial score (nSPS) is 17.5. The fourth-order valence-corrected chi connectivity index (χ4v) is 8.85. The number of hydrogen-bond donors (Lipinski definition) is 1. The predicted molar refractivity (Wildman–Crippen MR) is 154 cm³/mol. The molecule has 1 fully saturated rings. The number of Topliss-reactive ketones (excluding diaryl/α,β-unsaturated/α-hetero) is 1. The second-order valence-corrected chi connectivity index (χ2v) is 13.2. The number of anilines is 2. The number of carbonyl (C=O) groups is 3. The lowest BCUT2D eigenvalue weighted by Gasteiger charge is -2.33. The Hall–Kier alpha value is -3.19. The zero-order chi connectivity index (χ0) is 28.6. The van der Waals surface area contributed by atoms with Crippen LogP contribution in [0.1, 0.15) is 54.2 Å². The third-order valence-electron chi connectivity index (χ3n) is 7.38. The molecule has 3 aromatic rings. The molecule has 2 amide bonds. The number of aryl methyl sites for hydroxylation is 1. The Kier molecular flexibility index (Phi) is 8.05. The van der Waals surface area contributed by atoms with E-state index >= 15 is 0 Å². The molecule has 212 valence electrons. The largest absolute Gasteiger partial charge is 0.385 e. The molecule has 2 aliphatic heterocycles. The molecular weight excluding hydrogens is 552 g/mol. The Morgan fingerprint density at radius 3 is 2.75 bits per heavy atom. The van der Waals surface area contributed by atoms with Crippen LogP contribution in [0, 0.1) is 6.92 Å². The molecule has 0 bridgehead atoms. The maximum absolute atomic E-state index is 13.8. The lowest BCUT2D eigenvalue weighted by atomic mass is 9.93. The summed E-state index contributed by atoms with van der Waals surface area (Å²) >= 11 is 0.897. The van der Waals surface area contributed by atoms with E-state index in [1.165, 1.54) is 11.2 Å². The first-order chi connectivity index (χ1) is 19.1. The summed E-state index contributed by atoms with van der Waals surface area (Å²) in [5.74, 6) is -0.591. The summed E-state index contributed by atoms with van der Waals surface area (Å²) < 4.78 is 34.0. The molecule has 3 heterocycles. The van der Waals surface area contributed by atoms with Crippen molar-refractivity contribution in [2.24, 2.45) is 0 Å². The lowest BCUT2D eigenvalue weighted by Crippen LogP contribution is -2.48. The van der Waals surface area contributed by atoms with Gasteiger partial charge in [0.05, 0.1) is 17.4 Å². The number of methoxy groups -OCH3 is 1. The van der Waals surface area contributed by atoms with Crippen LogP contribution in [0.4, 0.5) is 10.8 Å². The Bertz CT molecular complexity index is 1600. The molecule has 10 nitrogen and oxygen atoms in total. The van der Waals surface area contributed by atoms with Crippen molar-refractivity contribution < 1.29 is 27.5 Å². The molecule has 12 heteroatoms. The number of ketones is 1. The van der Waals surface area contributed by atoms with Gasteiger partial charge in [-0.25, -0.2) is 13.4 Å². The summed E-state index contributed by atoms with van der Waals surface area (Å²) in [4.78, 5) is 44.3. The summed E-state index contributed by atoms with van der Waals surface area (Å²) in [7, 11) is -2.38. The number of ether oxygens (including phenoxy) is 1. The highest BCUT2D eigenvalue weighted by Crippen LogP contribution is 2.40. The molecule has 0 spiro atoms. The first-order valence-electron chi connectivity index (χ1n) is 13.3. The van der Waals surface area contributed by atoms with Crippen LogP contribution in [0.5, 0.6) is 0 Å². The SMILES string of the molecule is COCCCN1C(=O)c2cccc3c(CC(=O)C4CCCCN4S(=O)(=O)c4sc(NC(C)=O)nc4C)ccc1c23. The summed E-state index contributed by atoms with van der Waals surface area (Å²) in [6, 6.07) is 8.48. The molecule has 1 atom stereocenters. The van der Waals surface area contributed by atoms with E-state index in [9.17, 15) is 22.8 Å². The van der Waals surface area contributed by atoms with E-state index in [4.69, 9.17) is 4.74 Å². The number of benzene rings is 2. The van der Waals surface area contributed by atoms with E-state index in [2.05, 4.69) is 10.3 Å². The van der Waals surface area contributed by atoms with Gasteiger partial charge in [-0.05, 0) is 49.3 Å². The molecule has 0 aliphatic carbocycles. The summed E-state index contributed by atoms with van der Waals surface area (Å²) in [5.41, 5.74) is 2.48. The van der Waals surface area contributed by atoms with Crippen molar-refractivity contribution in [1.29, 1.82) is 0 Å². The van der Waals surface area contributed by atoms with E-state index in [-0.39, 0.29) is 45.6 Å². The average Bonchev–Trinajstić information content (AvgIpc) is 3.43. The van der Waals surface area contributed by atoms with Gasteiger partial charge >= 0.3 is 0 Å². The van der Waals surface area contributed by atoms with Gasteiger partial charge in [0.25, 0.3) is 15.9 Å². The molecular formula is C28H32N4O6S2. The van der Waals surface area contributed by atoms with Gasteiger partial charge in [0.15, 0.2) is 15.1 Å². The Balaban J connectivity index is 1.43. The molecule has 2 aliphatic rings. The number of rotatable bonds is 10. The number of carbonyl (C=O) groups excluding carboxylic acids is 3. The van der Waals surface area contributed by atoms with Crippen molar-refractivity contribution in [2.45, 2.75) is 56.2 Å². The smallest absolute Gasteiger partial charge is 0.258 e. The van der Waals surface area contributed by atoms with Crippen LogP contribution < -0.4 is 10.2 Å². The number of sulfonamides is 1. The van der Waals surface area contributed by atoms with Crippen molar-refractivity contribution >= 4 is 60.5 Å². The minimum Gasteiger partial charge on any atom is -0.385 e. The third-order valence-corrected chi connectivity index (χ3v) is 10.9. The Morgan fingerprint density at radius 2 is 2.00 bits per heavy atom. The quantitative estimate of drug-likeness (QED) is 0.358.